The number of imidazole rings is 1. The van der Waals surface area contributed by atoms with Crippen LogP contribution in [-0.4, -0.2) is 26.4 Å². The van der Waals surface area contributed by atoms with Crippen molar-refractivity contribution in [2.45, 2.75) is 31.3 Å². The number of para-hydroxylation sites is 1. The van der Waals surface area contributed by atoms with Crippen LogP contribution in [0.25, 0.3) is 16.6 Å². The summed E-state index contributed by atoms with van der Waals surface area (Å²) in [4.78, 5) is 34.8. The zero-order valence-corrected chi connectivity index (χ0v) is 17.9. The number of anilines is 1. The minimum atomic E-state index is -0.902. The van der Waals surface area contributed by atoms with E-state index in [1.54, 1.807) is 24.8 Å². The number of carbonyl (C=O) groups excluding carboxylic acids is 2. The Kier molecular flexibility index (Phi) is 4.50. The molecule has 2 aromatic carbocycles. The highest BCUT2D eigenvalue weighted by Crippen LogP contribution is 2.50. The number of aromatic nitrogens is 3. The first-order chi connectivity index (χ1) is 16.1. The van der Waals surface area contributed by atoms with Gasteiger partial charge in [0.2, 0.25) is 5.91 Å². The molecule has 164 valence electrons. The molecule has 0 saturated heterocycles. The Morgan fingerprint density at radius 3 is 2.88 bits per heavy atom. The summed E-state index contributed by atoms with van der Waals surface area (Å²) in [6.45, 7) is 0. The van der Waals surface area contributed by atoms with Crippen molar-refractivity contribution in [3.8, 4) is 5.69 Å². The van der Waals surface area contributed by atoms with E-state index in [0.717, 1.165) is 35.0 Å². The lowest BCUT2D eigenvalue weighted by atomic mass is 9.71. The molecule has 1 N–H and O–H groups in total. The molecule has 1 saturated carbocycles. The molecular weight excluding hydrogens is 416 g/mol. The van der Waals surface area contributed by atoms with Crippen LogP contribution in [0.15, 0.2) is 73.3 Å². The minimum Gasteiger partial charge on any atom is -0.450 e. The lowest BCUT2D eigenvalue weighted by Gasteiger charge is -2.39. The largest absolute Gasteiger partial charge is 0.450 e. The SMILES string of the molecule is O=C1O[C@@]2(CCCC[C@H]2C(=O)Nc2cn(-c3cnc4ccccc4c3)cn2)c2ccccc21. The van der Waals surface area contributed by atoms with Gasteiger partial charge in [0.1, 0.15) is 11.9 Å². The molecule has 1 fully saturated rings. The third-order valence-electron chi connectivity index (χ3n) is 6.76. The van der Waals surface area contributed by atoms with E-state index in [9.17, 15) is 9.59 Å². The van der Waals surface area contributed by atoms with Crippen molar-refractivity contribution in [2.24, 2.45) is 5.92 Å². The molecule has 2 aliphatic rings. The lowest BCUT2D eigenvalue weighted by Crippen LogP contribution is -2.45. The molecule has 7 nitrogen and oxygen atoms in total. The number of pyridine rings is 1. The zero-order chi connectivity index (χ0) is 22.4. The smallest absolute Gasteiger partial charge is 0.339 e. The highest BCUT2D eigenvalue weighted by molar-refractivity contribution is 5.98. The fraction of sp³-hybridized carbons (Fsp3) is 0.231. The molecule has 0 unspecified atom stereocenters. The Balaban J connectivity index is 1.27. The molecular formula is C26H22N4O3. The highest BCUT2D eigenvalue weighted by atomic mass is 16.6. The molecule has 6 rings (SSSR count). The van der Waals surface area contributed by atoms with Crippen LogP contribution in [-0.2, 0) is 15.1 Å². The van der Waals surface area contributed by atoms with Crippen molar-refractivity contribution in [1.29, 1.82) is 0 Å². The number of carbonyl (C=O) groups is 2. The summed E-state index contributed by atoms with van der Waals surface area (Å²) in [5.41, 5.74) is 2.26. The standard InChI is InChI=1S/C26H22N4O3/c31-24(21-10-5-6-12-26(21)20-9-3-2-8-19(20)25(32)33-26)29-23-15-30(16-28-23)18-13-17-7-1-4-11-22(17)27-14-18/h1-4,7-9,11,13-16,21H,5-6,10,12H2,(H,29,31)/t21-,26-/m0/s1. The second-order valence-corrected chi connectivity index (χ2v) is 8.66. The summed E-state index contributed by atoms with van der Waals surface area (Å²) in [6, 6.07) is 17.3. The molecule has 7 heteroatoms. The molecule has 1 spiro atoms. The minimum absolute atomic E-state index is 0.180. The van der Waals surface area contributed by atoms with Crippen molar-refractivity contribution < 1.29 is 14.3 Å². The van der Waals surface area contributed by atoms with E-state index in [2.05, 4.69) is 15.3 Å². The van der Waals surface area contributed by atoms with Crippen LogP contribution in [0.4, 0.5) is 5.82 Å². The number of fused-ring (bicyclic) bond motifs is 3. The van der Waals surface area contributed by atoms with Crippen molar-refractivity contribution in [1.82, 2.24) is 14.5 Å². The van der Waals surface area contributed by atoms with Crippen molar-refractivity contribution in [2.75, 3.05) is 5.32 Å². The maximum atomic E-state index is 13.4. The monoisotopic (exact) mass is 438 g/mol. The fourth-order valence-electron chi connectivity index (χ4n) is 5.18. The topological polar surface area (TPSA) is 86.1 Å². The van der Waals surface area contributed by atoms with E-state index in [1.165, 1.54) is 0 Å². The van der Waals surface area contributed by atoms with Crippen molar-refractivity contribution in [3.05, 3.63) is 84.4 Å². The first-order valence-electron chi connectivity index (χ1n) is 11.2. The number of hydrogen-bond acceptors (Lipinski definition) is 5. The number of nitrogens with zero attached hydrogens (tertiary/aromatic N) is 3. The number of amides is 1. The van der Waals surface area contributed by atoms with Crippen LogP contribution in [0, 0.1) is 5.92 Å². The third-order valence-corrected chi connectivity index (χ3v) is 6.76. The van der Waals surface area contributed by atoms with Gasteiger partial charge in [-0.15, -0.1) is 0 Å². The molecule has 33 heavy (non-hydrogen) atoms. The molecule has 3 heterocycles. The Morgan fingerprint density at radius 2 is 1.94 bits per heavy atom. The Bertz CT molecular complexity index is 1400. The zero-order valence-electron chi connectivity index (χ0n) is 17.9. The summed E-state index contributed by atoms with van der Waals surface area (Å²) in [5.74, 6) is -0.544. The van der Waals surface area contributed by atoms with Gasteiger partial charge in [-0.1, -0.05) is 42.8 Å². The summed E-state index contributed by atoms with van der Waals surface area (Å²) >= 11 is 0. The van der Waals surface area contributed by atoms with E-state index < -0.39 is 11.5 Å². The number of ether oxygens (including phenoxy) is 1. The normalized spacial score (nSPS) is 21.7. The van der Waals surface area contributed by atoms with Gasteiger partial charge in [0.25, 0.3) is 0 Å². The Hall–Kier alpha value is -4.00. The van der Waals surface area contributed by atoms with Crippen LogP contribution in [0.2, 0.25) is 0 Å². The molecule has 2 aromatic heterocycles. The van der Waals surface area contributed by atoms with E-state index in [-0.39, 0.29) is 11.9 Å². The highest BCUT2D eigenvalue weighted by Gasteiger charge is 2.54. The Morgan fingerprint density at radius 1 is 1.09 bits per heavy atom. The molecule has 1 aliphatic carbocycles. The van der Waals surface area contributed by atoms with Crippen molar-refractivity contribution in [3.63, 3.8) is 0 Å². The van der Waals surface area contributed by atoms with Crippen LogP contribution < -0.4 is 5.32 Å². The van der Waals surface area contributed by atoms with Crippen LogP contribution >= 0.6 is 0 Å². The average Bonchev–Trinajstić information content (AvgIpc) is 3.42. The first kappa shape index (κ1) is 19.7. The molecule has 4 aromatic rings. The van der Waals surface area contributed by atoms with E-state index >= 15 is 0 Å². The van der Waals surface area contributed by atoms with Gasteiger partial charge in [0, 0.05) is 10.9 Å². The Labute approximate surface area is 190 Å². The number of esters is 1. The van der Waals surface area contributed by atoms with Crippen LogP contribution in [0.3, 0.4) is 0 Å². The van der Waals surface area contributed by atoms with Gasteiger partial charge in [-0.05, 0) is 37.5 Å². The quantitative estimate of drug-likeness (QED) is 0.472. The molecule has 1 amide bonds. The maximum Gasteiger partial charge on any atom is 0.339 e. The second kappa shape index (κ2) is 7.55. The number of rotatable bonds is 3. The molecule has 0 bridgehead atoms. The first-order valence-corrected chi connectivity index (χ1v) is 11.2. The lowest BCUT2D eigenvalue weighted by molar-refractivity contribution is -0.134. The summed E-state index contributed by atoms with van der Waals surface area (Å²) < 4.78 is 7.74. The van der Waals surface area contributed by atoms with Crippen LogP contribution in [0.1, 0.15) is 41.6 Å². The van der Waals surface area contributed by atoms with Gasteiger partial charge >= 0.3 is 5.97 Å². The summed E-state index contributed by atoms with van der Waals surface area (Å²) in [6.07, 6.45) is 8.33. The van der Waals surface area contributed by atoms with Gasteiger partial charge in [0.05, 0.1) is 35.1 Å². The fourth-order valence-corrected chi connectivity index (χ4v) is 5.18. The van der Waals surface area contributed by atoms with Crippen LogP contribution in [0.5, 0.6) is 0 Å². The maximum absolute atomic E-state index is 13.4. The predicted molar refractivity (Wildman–Crippen MR) is 123 cm³/mol. The molecule has 1 aliphatic heterocycles. The van der Waals surface area contributed by atoms with Gasteiger partial charge in [-0.25, -0.2) is 9.78 Å². The van der Waals surface area contributed by atoms with Gasteiger partial charge in [0.15, 0.2) is 5.82 Å². The predicted octanol–water partition coefficient (Wildman–Crippen LogP) is 4.62. The number of nitrogens with one attached hydrogen (secondary N) is 1. The van der Waals surface area contributed by atoms with Gasteiger partial charge in [-0.3, -0.25) is 9.78 Å². The summed E-state index contributed by atoms with van der Waals surface area (Å²) in [5, 5.41) is 3.98. The van der Waals surface area contributed by atoms with Crippen molar-refractivity contribution >= 4 is 28.6 Å². The average molecular weight is 438 g/mol. The van der Waals surface area contributed by atoms with Gasteiger partial charge < -0.3 is 14.6 Å². The van der Waals surface area contributed by atoms with E-state index in [4.69, 9.17) is 4.74 Å². The van der Waals surface area contributed by atoms with E-state index in [0.29, 0.717) is 24.2 Å². The summed E-state index contributed by atoms with van der Waals surface area (Å²) in [7, 11) is 0. The number of hydrogen-bond donors (Lipinski definition) is 1. The third kappa shape index (κ3) is 3.19. The molecule has 0 radical (unpaired) electrons. The second-order valence-electron chi connectivity index (χ2n) is 8.66. The molecule has 2 atom stereocenters. The van der Waals surface area contributed by atoms with E-state index in [1.807, 2.05) is 53.1 Å². The van der Waals surface area contributed by atoms with Gasteiger partial charge in [-0.2, -0.15) is 0 Å². The number of benzene rings is 2.